The van der Waals surface area contributed by atoms with E-state index in [9.17, 15) is 0 Å². The molecular formula is C15H20ClN3. The number of benzene rings is 1. The topological polar surface area (TPSA) is 29.9 Å². The highest BCUT2D eigenvalue weighted by Gasteiger charge is 2.27. The fourth-order valence-corrected chi connectivity index (χ4v) is 3.38. The first-order chi connectivity index (χ1) is 9.22. The van der Waals surface area contributed by atoms with Gasteiger partial charge in [0.1, 0.15) is 5.82 Å². The number of imidazole rings is 1. The first-order valence-electron chi connectivity index (χ1n) is 7.10. The number of aryl methyl sites for hydroxylation is 1. The molecule has 1 aromatic heterocycles. The third-order valence-corrected chi connectivity index (χ3v) is 4.42. The van der Waals surface area contributed by atoms with E-state index in [0.717, 1.165) is 35.0 Å². The van der Waals surface area contributed by atoms with Crippen LogP contribution in [0.4, 0.5) is 0 Å². The van der Waals surface area contributed by atoms with Gasteiger partial charge >= 0.3 is 0 Å². The number of piperidine rings is 1. The normalized spacial score (nSPS) is 23.9. The summed E-state index contributed by atoms with van der Waals surface area (Å²) in [6, 6.07) is 6.31. The molecule has 3 rings (SSSR count). The average Bonchev–Trinajstić information content (AvgIpc) is 2.79. The summed E-state index contributed by atoms with van der Waals surface area (Å²) >= 11 is 6.35. The number of nitrogens with zero attached hydrogens (tertiary/aromatic N) is 2. The van der Waals surface area contributed by atoms with Crippen LogP contribution >= 0.6 is 11.6 Å². The molecule has 19 heavy (non-hydrogen) atoms. The zero-order chi connectivity index (χ0) is 13.4. The van der Waals surface area contributed by atoms with Crippen molar-refractivity contribution in [3.8, 4) is 0 Å². The molecule has 0 amide bonds. The van der Waals surface area contributed by atoms with E-state index in [2.05, 4.69) is 23.7 Å². The fourth-order valence-electron chi connectivity index (χ4n) is 3.11. The van der Waals surface area contributed by atoms with Gasteiger partial charge in [0, 0.05) is 6.54 Å². The molecule has 0 spiro atoms. The number of halogens is 1. The second-order valence-corrected chi connectivity index (χ2v) is 5.78. The molecule has 1 saturated heterocycles. The number of para-hydroxylation sites is 1. The van der Waals surface area contributed by atoms with Crippen LogP contribution in [-0.2, 0) is 6.54 Å². The van der Waals surface area contributed by atoms with E-state index < -0.39 is 0 Å². The Labute approximate surface area is 119 Å². The molecule has 3 nitrogen and oxygen atoms in total. The van der Waals surface area contributed by atoms with Gasteiger partial charge in [-0.2, -0.15) is 0 Å². The first-order valence-corrected chi connectivity index (χ1v) is 7.48. The number of rotatable bonds is 2. The van der Waals surface area contributed by atoms with Gasteiger partial charge in [-0.25, -0.2) is 4.98 Å². The van der Waals surface area contributed by atoms with Crippen molar-refractivity contribution in [1.82, 2.24) is 14.9 Å². The van der Waals surface area contributed by atoms with Crippen LogP contribution in [0, 0.1) is 5.92 Å². The molecule has 2 aromatic rings. The molecule has 1 N–H and O–H groups in total. The van der Waals surface area contributed by atoms with Crippen LogP contribution < -0.4 is 5.32 Å². The number of aromatic nitrogens is 2. The summed E-state index contributed by atoms with van der Waals surface area (Å²) in [5.74, 6) is 1.76. The second kappa shape index (κ2) is 5.14. The van der Waals surface area contributed by atoms with E-state index >= 15 is 0 Å². The average molecular weight is 278 g/mol. The SMILES string of the molecule is CCn1c(C2NCCCC2C)nc2cccc(Cl)c21. The van der Waals surface area contributed by atoms with Crippen LogP contribution in [0.5, 0.6) is 0 Å². The zero-order valence-electron chi connectivity index (χ0n) is 11.5. The molecule has 0 radical (unpaired) electrons. The molecule has 2 atom stereocenters. The summed E-state index contributed by atoms with van der Waals surface area (Å²) in [5, 5.41) is 4.41. The summed E-state index contributed by atoms with van der Waals surface area (Å²) in [7, 11) is 0. The van der Waals surface area contributed by atoms with Crippen molar-refractivity contribution < 1.29 is 0 Å². The minimum Gasteiger partial charge on any atom is -0.326 e. The number of hydrogen-bond donors (Lipinski definition) is 1. The van der Waals surface area contributed by atoms with Gasteiger partial charge in [-0.1, -0.05) is 24.6 Å². The van der Waals surface area contributed by atoms with Crippen molar-refractivity contribution in [2.75, 3.05) is 6.54 Å². The highest BCUT2D eigenvalue weighted by atomic mass is 35.5. The Hall–Kier alpha value is -1.06. The highest BCUT2D eigenvalue weighted by molar-refractivity contribution is 6.35. The molecule has 0 saturated carbocycles. The molecule has 0 aliphatic carbocycles. The summed E-state index contributed by atoms with van der Waals surface area (Å²) in [4.78, 5) is 4.83. The molecule has 102 valence electrons. The predicted molar refractivity (Wildman–Crippen MR) is 79.6 cm³/mol. The van der Waals surface area contributed by atoms with E-state index in [1.807, 2.05) is 18.2 Å². The molecule has 2 unspecified atom stereocenters. The van der Waals surface area contributed by atoms with Gasteiger partial charge in [0.25, 0.3) is 0 Å². The fraction of sp³-hybridized carbons (Fsp3) is 0.533. The maximum atomic E-state index is 6.35. The lowest BCUT2D eigenvalue weighted by Crippen LogP contribution is -2.34. The van der Waals surface area contributed by atoms with E-state index in [0.29, 0.717) is 12.0 Å². The Kier molecular flexibility index (Phi) is 3.50. The summed E-state index contributed by atoms with van der Waals surface area (Å²) in [6.07, 6.45) is 2.52. The van der Waals surface area contributed by atoms with Crippen LogP contribution in [0.25, 0.3) is 11.0 Å². The lowest BCUT2D eigenvalue weighted by Gasteiger charge is -2.30. The summed E-state index contributed by atoms with van der Waals surface area (Å²) < 4.78 is 2.26. The van der Waals surface area contributed by atoms with Gasteiger partial charge in [0.05, 0.1) is 22.1 Å². The quantitative estimate of drug-likeness (QED) is 0.906. The lowest BCUT2D eigenvalue weighted by molar-refractivity contribution is 0.289. The van der Waals surface area contributed by atoms with Gasteiger partial charge in [-0.3, -0.25) is 0 Å². The first kappa shape index (κ1) is 12.9. The van der Waals surface area contributed by atoms with Gasteiger partial charge in [0.2, 0.25) is 0 Å². The van der Waals surface area contributed by atoms with E-state index in [1.54, 1.807) is 0 Å². The highest BCUT2D eigenvalue weighted by Crippen LogP contribution is 2.32. The van der Waals surface area contributed by atoms with Crippen molar-refractivity contribution in [3.63, 3.8) is 0 Å². The third-order valence-electron chi connectivity index (χ3n) is 4.11. The molecule has 4 heteroatoms. The number of nitrogens with one attached hydrogen (secondary N) is 1. The lowest BCUT2D eigenvalue weighted by atomic mass is 9.92. The van der Waals surface area contributed by atoms with Crippen molar-refractivity contribution in [2.24, 2.45) is 5.92 Å². The molecule has 1 aromatic carbocycles. The van der Waals surface area contributed by atoms with E-state index in [4.69, 9.17) is 16.6 Å². The van der Waals surface area contributed by atoms with Gasteiger partial charge < -0.3 is 9.88 Å². The van der Waals surface area contributed by atoms with Crippen molar-refractivity contribution in [2.45, 2.75) is 39.3 Å². The molecule has 2 heterocycles. The van der Waals surface area contributed by atoms with Gasteiger partial charge in [-0.15, -0.1) is 0 Å². The Morgan fingerprint density at radius 3 is 3.05 bits per heavy atom. The summed E-state index contributed by atoms with van der Waals surface area (Å²) in [6.45, 7) is 6.44. The van der Waals surface area contributed by atoms with Crippen LogP contribution in [0.2, 0.25) is 5.02 Å². The van der Waals surface area contributed by atoms with Crippen LogP contribution in [0.15, 0.2) is 18.2 Å². The standard InChI is InChI=1S/C15H20ClN3/c1-3-19-14-11(16)7-4-8-12(14)18-15(19)13-10(2)6-5-9-17-13/h4,7-8,10,13,17H,3,5-6,9H2,1-2H3. The second-order valence-electron chi connectivity index (χ2n) is 5.37. The molecule has 1 aliphatic rings. The van der Waals surface area contributed by atoms with Crippen molar-refractivity contribution in [1.29, 1.82) is 0 Å². The number of hydrogen-bond acceptors (Lipinski definition) is 2. The maximum Gasteiger partial charge on any atom is 0.127 e. The Bertz CT molecular complexity index is 590. The predicted octanol–water partition coefficient (Wildman–Crippen LogP) is 3.77. The third kappa shape index (κ3) is 2.15. The molecule has 1 aliphatic heterocycles. The van der Waals surface area contributed by atoms with Crippen LogP contribution in [-0.4, -0.2) is 16.1 Å². The molecular weight excluding hydrogens is 258 g/mol. The van der Waals surface area contributed by atoms with Crippen molar-refractivity contribution in [3.05, 3.63) is 29.0 Å². The van der Waals surface area contributed by atoms with Crippen LogP contribution in [0.1, 0.15) is 38.6 Å². The summed E-state index contributed by atoms with van der Waals surface area (Å²) in [5.41, 5.74) is 2.07. The molecule has 0 bridgehead atoms. The van der Waals surface area contributed by atoms with Crippen LogP contribution in [0.3, 0.4) is 0 Å². The van der Waals surface area contributed by atoms with Gasteiger partial charge in [-0.05, 0) is 44.4 Å². The maximum absolute atomic E-state index is 6.35. The Balaban J connectivity index is 2.15. The smallest absolute Gasteiger partial charge is 0.127 e. The Morgan fingerprint density at radius 1 is 1.47 bits per heavy atom. The van der Waals surface area contributed by atoms with Crippen molar-refractivity contribution >= 4 is 22.6 Å². The van der Waals surface area contributed by atoms with Gasteiger partial charge in [0.15, 0.2) is 0 Å². The Morgan fingerprint density at radius 2 is 2.32 bits per heavy atom. The minimum absolute atomic E-state index is 0.345. The zero-order valence-corrected chi connectivity index (χ0v) is 12.2. The largest absolute Gasteiger partial charge is 0.326 e. The van der Waals surface area contributed by atoms with E-state index in [-0.39, 0.29) is 0 Å². The minimum atomic E-state index is 0.345. The monoisotopic (exact) mass is 277 g/mol. The molecule has 1 fully saturated rings. The number of fused-ring (bicyclic) bond motifs is 1. The van der Waals surface area contributed by atoms with E-state index in [1.165, 1.54) is 12.8 Å².